The molecule has 1 aliphatic rings. The number of sulfonamides is 1. The van der Waals surface area contributed by atoms with E-state index < -0.39 is 10.0 Å². The molecule has 0 bridgehead atoms. The zero-order chi connectivity index (χ0) is 19.2. The van der Waals surface area contributed by atoms with Gasteiger partial charge in [0.2, 0.25) is 15.9 Å². The van der Waals surface area contributed by atoms with E-state index in [0.29, 0.717) is 37.9 Å². The summed E-state index contributed by atoms with van der Waals surface area (Å²) < 4.78 is 27.2. The Bertz CT molecular complexity index is 746. The lowest BCUT2D eigenvalue weighted by Gasteiger charge is -2.32. The van der Waals surface area contributed by atoms with Crippen molar-refractivity contribution in [2.24, 2.45) is 0 Å². The number of carbonyl (C=O) groups is 2. The highest BCUT2D eigenvalue weighted by atomic mass is 127. The third-order valence-corrected chi connectivity index (χ3v) is 6.76. The summed E-state index contributed by atoms with van der Waals surface area (Å²) in [6.45, 7) is 2.73. The van der Waals surface area contributed by atoms with Gasteiger partial charge in [-0.1, -0.05) is 19.1 Å². The molecule has 0 aliphatic carbocycles. The Balaban J connectivity index is 1.78. The zero-order valence-corrected chi connectivity index (χ0v) is 17.7. The molecule has 0 radical (unpaired) electrons. The van der Waals surface area contributed by atoms with Crippen LogP contribution < -0.4 is 10.0 Å². The van der Waals surface area contributed by atoms with E-state index in [9.17, 15) is 18.0 Å². The van der Waals surface area contributed by atoms with Crippen LogP contribution in [-0.2, 0) is 14.8 Å². The molecular weight excluding hydrogens is 469 g/mol. The molecular formula is C17H24IN3O4S. The van der Waals surface area contributed by atoms with E-state index in [0.717, 1.165) is 3.57 Å². The van der Waals surface area contributed by atoms with Gasteiger partial charge >= 0.3 is 0 Å². The molecule has 1 aromatic carbocycles. The molecule has 0 spiro atoms. The second-order valence-electron chi connectivity index (χ2n) is 6.25. The fourth-order valence-corrected chi connectivity index (χ4v) is 4.87. The Hall–Kier alpha value is -1.20. The molecule has 26 heavy (non-hydrogen) atoms. The first-order valence-electron chi connectivity index (χ1n) is 8.63. The summed E-state index contributed by atoms with van der Waals surface area (Å²) in [5, 5.41) is 2.66. The fourth-order valence-electron chi connectivity index (χ4n) is 2.84. The Labute approximate surface area is 168 Å². The number of benzene rings is 1. The smallest absolute Gasteiger partial charge is 0.252 e. The molecule has 9 heteroatoms. The summed E-state index contributed by atoms with van der Waals surface area (Å²) in [6.07, 6.45) is 1.74. The Morgan fingerprint density at radius 1 is 1.23 bits per heavy atom. The number of rotatable bonds is 7. The van der Waals surface area contributed by atoms with Crippen molar-refractivity contribution in [2.75, 3.05) is 25.4 Å². The van der Waals surface area contributed by atoms with Crippen LogP contribution in [0.1, 0.15) is 36.5 Å². The third kappa shape index (κ3) is 6.20. The average molecular weight is 493 g/mol. The maximum atomic E-state index is 12.3. The number of halogens is 1. The van der Waals surface area contributed by atoms with Gasteiger partial charge in [-0.3, -0.25) is 9.59 Å². The van der Waals surface area contributed by atoms with Gasteiger partial charge in [-0.15, -0.1) is 0 Å². The minimum absolute atomic E-state index is 0.0595. The second-order valence-corrected chi connectivity index (χ2v) is 9.29. The van der Waals surface area contributed by atoms with Gasteiger partial charge in [0.25, 0.3) is 5.91 Å². The Kier molecular flexibility index (Phi) is 7.84. The van der Waals surface area contributed by atoms with Gasteiger partial charge in [0.1, 0.15) is 0 Å². The number of nitrogens with zero attached hydrogens (tertiary/aromatic N) is 1. The lowest BCUT2D eigenvalue weighted by Crippen LogP contribution is -2.49. The predicted molar refractivity (Wildman–Crippen MR) is 108 cm³/mol. The molecule has 2 N–H and O–H groups in total. The van der Waals surface area contributed by atoms with Gasteiger partial charge in [-0.05, 0) is 54.0 Å². The molecule has 144 valence electrons. The maximum Gasteiger partial charge on any atom is 0.252 e. The first kappa shape index (κ1) is 21.1. The topological polar surface area (TPSA) is 95.6 Å². The maximum absolute atomic E-state index is 12.3. The molecule has 1 heterocycles. The summed E-state index contributed by atoms with van der Waals surface area (Å²) in [5.41, 5.74) is 0.546. The molecule has 0 saturated carbocycles. The van der Waals surface area contributed by atoms with Gasteiger partial charge in [-0.2, -0.15) is 0 Å². The number of likely N-dealkylation sites (tertiary alicyclic amines) is 1. The molecule has 0 aromatic heterocycles. The van der Waals surface area contributed by atoms with Gasteiger partial charge in [0, 0.05) is 22.7 Å². The molecule has 2 amide bonds. The van der Waals surface area contributed by atoms with Crippen LogP contribution in [0.3, 0.4) is 0 Å². The van der Waals surface area contributed by atoms with Crippen molar-refractivity contribution in [1.82, 2.24) is 14.9 Å². The van der Waals surface area contributed by atoms with Gasteiger partial charge in [0.05, 0.1) is 17.9 Å². The van der Waals surface area contributed by atoms with Crippen LogP contribution in [0.15, 0.2) is 24.3 Å². The molecule has 0 atom stereocenters. The fraction of sp³-hybridized carbons (Fsp3) is 0.529. The average Bonchev–Trinajstić information content (AvgIpc) is 2.60. The highest BCUT2D eigenvalue weighted by Crippen LogP contribution is 2.13. The van der Waals surface area contributed by atoms with Gasteiger partial charge in [0.15, 0.2) is 0 Å². The van der Waals surface area contributed by atoms with E-state index in [2.05, 4.69) is 32.6 Å². The number of piperidine rings is 1. The minimum atomic E-state index is -3.24. The summed E-state index contributed by atoms with van der Waals surface area (Å²) in [4.78, 5) is 26.1. The molecule has 1 aromatic rings. The van der Waals surface area contributed by atoms with E-state index >= 15 is 0 Å². The number of hydrogen-bond acceptors (Lipinski definition) is 4. The van der Waals surface area contributed by atoms with Crippen molar-refractivity contribution >= 4 is 44.4 Å². The molecule has 0 unspecified atom stereocenters. The lowest BCUT2D eigenvalue weighted by atomic mass is 10.1. The standard InChI is InChI=1S/C17H24IN3O4S/c1-2-11-26(24,25)20-13-7-9-21(10-8-13)16(22)12-19-17(23)14-5-3-4-6-15(14)18/h3-6,13,20H,2,7-12H2,1H3,(H,19,23). The molecule has 1 saturated heterocycles. The van der Waals surface area contributed by atoms with Crippen LogP contribution in [0.2, 0.25) is 0 Å². The van der Waals surface area contributed by atoms with Crippen molar-refractivity contribution < 1.29 is 18.0 Å². The number of amides is 2. The van der Waals surface area contributed by atoms with Crippen LogP contribution >= 0.6 is 22.6 Å². The summed E-state index contributed by atoms with van der Waals surface area (Å²) in [5.74, 6) is -0.305. The monoisotopic (exact) mass is 493 g/mol. The first-order chi connectivity index (χ1) is 12.3. The predicted octanol–water partition coefficient (Wildman–Crippen LogP) is 1.34. The van der Waals surface area contributed by atoms with Crippen molar-refractivity contribution in [3.8, 4) is 0 Å². The van der Waals surface area contributed by atoms with E-state index in [1.807, 2.05) is 19.1 Å². The molecule has 1 fully saturated rings. The zero-order valence-electron chi connectivity index (χ0n) is 14.7. The minimum Gasteiger partial charge on any atom is -0.343 e. The molecule has 1 aliphatic heterocycles. The van der Waals surface area contributed by atoms with Crippen LogP contribution in [0.4, 0.5) is 0 Å². The van der Waals surface area contributed by atoms with Crippen LogP contribution in [0, 0.1) is 3.57 Å². The van der Waals surface area contributed by atoms with Gasteiger partial charge < -0.3 is 10.2 Å². The summed E-state index contributed by atoms with van der Waals surface area (Å²) in [7, 11) is -3.24. The van der Waals surface area contributed by atoms with E-state index in [-0.39, 0.29) is 30.2 Å². The van der Waals surface area contributed by atoms with E-state index in [1.165, 1.54) is 0 Å². The third-order valence-electron chi connectivity index (χ3n) is 4.19. The highest BCUT2D eigenvalue weighted by Gasteiger charge is 2.25. The first-order valence-corrected chi connectivity index (χ1v) is 11.4. The second kappa shape index (κ2) is 9.65. The Morgan fingerprint density at radius 2 is 1.88 bits per heavy atom. The number of carbonyl (C=O) groups excluding carboxylic acids is 2. The van der Waals surface area contributed by atoms with Crippen molar-refractivity contribution in [1.29, 1.82) is 0 Å². The Morgan fingerprint density at radius 3 is 2.50 bits per heavy atom. The number of hydrogen-bond donors (Lipinski definition) is 2. The molecule has 2 rings (SSSR count). The largest absolute Gasteiger partial charge is 0.343 e. The van der Waals surface area contributed by atoms with Crippen molar-refractivity contribution in [3.05, 3.63) is 33.4 Å². The van der Waals surface area contributed by atoms with E-state index in [4.69, 9.17) is 0 Å². The van der Waals surface area contributed by atoms with Crippen LogP contribution in [0.5, 0.6) is 0 Å². The van der Waals surface area contributed by atoms with Crippen LogP contribution in [-0.4, -0.2) is 56.6 Å². The normalized spacial score (nSPS) is 15.7. The summed E-state index contributed by atoms with van der Waals surface area (Å²) in [6, 6.07) is 7.05. The van der Waals surface area contributed by atoms with Crippen molar-refractivity contribution in [3.63, 3.8) is 0 Å². The highest BCUT2D eigenvalue weighted by molar-refractivity contribution is 14.1. The SMILES string of the molecule is CCCS(=O)(=O)NC1CCN(C(=O)CNC(=O)c2ccccc2I)CC1. The number of nitrogens with one attached hydrogen (secondary N) is 2. The molecule has 7 nitrogen and oxygen atoms in total. The lowest BCUT2D eigenvalue weighted by molar-refractivity contribution is -0.131. The summed E-state index contributed by atoms with van der Waals surface area (Å²) >= 11 is 2.08. The van der Waals surface area contributed by atoms with Crippen molar-refractivity contribution in [2.45, 2.75) is 32.2 Å². The van der Waals surface area contributed by atoms with E-state index in [1.54, 1.807) is 17.0 Å². The van der Waals surface area contributed by atoms with Gasteiger partial charge in [-0.25, -0.2) is 13.1 Å². The van der Waals surface area contributed by atoms with Crippen LogP contribution in [0.25, 0.3) is 0 Å². The quantitative estimate of drug-likeness (QED) is 0.561.